The maximum absolute atomic E-state index is 2.48. The van der Waals surface area contributed by atoms with E-state index in [2.05, 4.69) is 36.4 Å². The monoisotopic (exact) mass is 184 g/mol. The smallest absolute Gasteiger partial charge is 0.0228 e. The van der Waals surface area contributed by atoms with E-state index in [1.807, 2.05) is 0 Å². The highest BCUT2D eigenvalue weighted by Gasteiger charge is 2.42. The number of allylic oxidation sites excluding steroid dienone is 2. The molecule has 0 N–H and O–H groups in total. The number of rotatable bonds is 1. The molecule has 0 saturated heterocycles. The lowest BCUT2D eigenvalue weighted by molar-refractivity contribution is 0.466. The van der Waals surface area contributed by atoms with Crippen LogP contribution < -0.4 is 0 Å². The third-order valence-corrected chi connectivity index (χ3v) is 3.81. The van der Waals surface area contributed by atoms with E-state index in [-0.39, 0.29) is 0 Å². The fraction of sp³-hybridized carbons (Fsp3) is 0.429. The van der Waals surface area contributed by atoms with Crippen molar-refractivity contribution in [2.24, 2.45) is 5.41 Å². The molecule has 0 bridgehead atoms. The van der Waals surface area contributed by atoms with Crippen molar-refractivity contribution in [3.63, 3.8) is 0 Å². The van der Waals surface area contributed by atoms with Crippen LogP contribution in [0.2, 0.25) is 0 Å². The Morgan fingerprint density at radius 2 is 1.71 bits per heavy atom. The van der Waals surface area contributed by atoms with Crippen molar-refractivity contribution in [3.05, 3.63) is 42.0 Å². The third-order valence-electron chi connectivity index (χ3n) is 3.81. The number of hydrogen-bond donors (Lipinski definition) is 0. The summed E-state index contributed by atoms with van der Waals surface area (Å²) in [4.78, 5) is 0. The molecule has 3 rings (SSSR count). The fourth-order valence-corrected chi connectivity index (χ4v) is 2.49. The molecule has 0 aromatic heterocycles. The summed E-state index contributed by atoms with van der Waals surface area (Å²) in [5, 5.41) is 0. The van der Waals surface area contributed by atoms with E-state index in [0.29, 0.717) is 0 Å². The minimum atomic E-state index is 0.762. The van der Waals surface area contributed by atoms with E-state index in [9.17, 15) is 0 Å². The topological polar surface area (TPSA) is 0 Å². The van der Waals surface area contributed by atoms with Gasteiger partial charge in [-0.15, -0.1) is 0 Å². The second-order valence-electron chi connectivity index (χ2n) is 4.80. The van der Waals surface area contributed by atoms with Crippen molar-refractivity contribution in [2.45, 2.75) is 32.1 Å². The van der Waals surface area contributed by atoms with Crippen LogP contribution in [0.5, 0.6) is 0 Å². The molecule has 0 atom stereocenters. The maximum atomic E-state index is 2.48. The SMILES string of the molecule is C1=C(c2ccccc2)CCC2(C1)CC2. The number of benzene rings is 1. The molecule has 14 heavy (non-hydrogen) atoms. The normalized spacial score (nSPS) is 23.3. The van der Waals surface area contributed by atoms with E-state index in [1.165, 1.54) is 37.7 Å². The fourth-order valence-electron chi connectivity index (χ4n) is 2.49. The maximum Gasteiger partial charge on any atom is -0.0228 e. The zero-order valence-electron chi connectivity index (χ0n) is 8.50. The summed E-state index contributed by atoms with van der Waals surface area (Å²) < 4.78 is 0. The van der Waals surface area contributed by atoms with Gasteiger partial charge in [0.2, 0.25) is 0 Å². The van der Waals surface area contributed by atoms with Crippen LogP contribution in [0.4, 0.5) is 0 Å². The Morgan fingerprint density at radius 1 is 0.929 bits per heavy atom. The van der Waals surface area contributed by atoms with Crippen LogP contribution in [0.15, 0.2) is 36.4 Å². The first-order valence-electron chi connectivity index (χ1n) is 5.63. The zero-order valence-corrected chi connectivity index (χ0v) is 8.50. The van der Waals surface area contributed by atoms with Gasteiger partial charge in [-0.1, -0.05) is 36.4 Å². The predicted molar refractivity (Wildman–Crippen MR) is 59.9 cm³/mol. The highest BCUT2D eigenvalue weighted by molar-refractivity contribution is 5.66. The van der Waals surface area contributed by atoms with Crippen molar-refractivity contribution < 1.29 is 0 Å². The van der Waals surface area contributed by atoms with Gasteiger partial charge in [-0.2, -0.15) is 0 Å². The minimum absolute atomic E-state index is 0.762. The summed E-state index contributed by atoms with van der Waals surface area (Å²) in [7, 11) is 0. The van der Waals surface area contributed by atoms with E-state index in [0.717, 1.165) is 5.41 Å². The van der Waals surface area contributed by atoms with Crippen molar-refractivity contribution >= 4 is 5.57 Å². The van der Waals surface area contributed by atoms with E-state index in [4.69, 9.17) is 0 Å². The van der Waals surface area contributed by atoms with Gasteiger partial charge in [-0.25, -0.2) is 0 Å². The molecule has 1 saturated carbocycles. The Labute approximate surface area is 85.6 Å². The Kier molecular flexibility index (Phi) is 1.76. The minimum Gasteiger partial charge on any atom is -0.0802 e. The molecule has 1 spiro atoms. The van der Waals surface area contributed by atoms with Gasteiger partial charge in [0, 0.05) is 0 Å². The van der Waals surface area contributed by atoms with Gasteiger partial charge in [-0.05, 0) is 48.7 Å². The highest BCUT2D eigenvalue weighted by atomic mass is 14.5. The lowest BCUT2D eigenvalue weighted by Gasteiger charge is -2.21. The van der Waals surface area contributed by atoms with Crippen LogP contribution in [0.1, 0.15) is 37.7 Å². The quantitative estimate of drug-likeness (QED) is 0.618. The van der Waals surface area contributed by atoms with E-state index >= 15 is 0 Å². The van der Waals surface area contributed by atoms with Crippen LogP contribution in [0, 0.1) is 5.41 Å². The summed E-state index contributed by atoms with van der Waals surface area (Å²) >= 11 is 0. The summed E-state index contributed by atoms with van der Waals surface area (Å²) in [6.07, 6.45) is 9.48. The first kappa shape index (κ1) is 8.28. The largest absolute Gasteiger partial charge is 0.0802 e. The standard InChI is InChI=1S/C14H16/c1-2-4-12(5-3-1)13-6-8-14(9-7-13)10-11-14/h1-6H,7-11H2. The molecule has 72 valence electrons. The molecule has 0 heterocycles. The Morgan fingerprint density at radius 3 is 2.29 bits per heavy atom. The van der Waals surface area contributed by atoms with E-state index in [1.54, 1.807) is 5.57 Å². The molecule has 1 fully saturated rings. The molecule has 0 unspecified atom stereocenters. The Hall–Kier alpha value is -1.04. The van der Waals surface area contributed by atoms with Gasteiger partial charge in [-0.3, -0.25) is 0 Å². The van der Waals surface area contributed by atoms with Gasteiger partial charge in [0.05, 0.1) is 0 Å². The molecule has 2 aliphatic rings. The average Bonchev–Trinajstić information content (AvgIpc) is 3.01. The Bertz CT molecular complexity index is 355. The van der Waals surface area contributed by atoms with Crippen LogP contribution in [0.25, 0.3) is 5.57 Å². The van der Waals surface area contributed by atoms with Crippen molar-refractivity contribution in [2.75, 3.05) is 0 Å². The van der Waals surface area contributed by atoms with Gasteiger partial charge >= 0.3 is 0 Å². The average molecular weight is 184 g/mol. The lowest BCUT2D eigenvalue weighted by Crippen LogP contribution is -2.05. The summed E-state index contributed by atoms with van der Waals surface area (Å²) in [6.45, 7) is 0. The molecule has 0 nitrogen and oxygen atoms in total. The van der Waals surface area contributed by atoms with Crippen LogP contribution >= 0.6 is 0 Å². The molecule has 0 aliphatic heterocycles. The van der Waals surface area contributed by atoms with Gasteiger partial charge in [0.1, 0.15) is 0 Å². The summed E-state index contributed by atoms with van der Waals surface area (Å²) in [6, 6.07) is 10.8. The highest BCUT2D eigenvalue weighted by Crippen LogP contribution is 2.56. The summed E-state index contributed by atoms with van der Waals surface area (Å²) in [5.41, 5.74) is 3.77. The van der Waals surface area contributed by atoms with Crippen LogP contribution in [-0.2, 0) is 0 Å². The first-order chi connectivity index (χ1) is 6.88. The molecule has 0 amide bonds. The van der Waals surface area contributed by atoms with Gasteiger partial charge < -0.3 is 0 Å². The van der Waals surface area contributed by atoms with Crippen molar-refractivity contribution in [3.8, 4) is 0 Å². The van der Waals surface area contributed by atoms with Gasteiger partial charge in [0.25, 0.3) is 0 Å². The molecular formula is C14H16. The van der Waals surface area contributed by atoms with Crippen LogP contribution in [-0.4, -0.2) is 0 Å². The molecule has 1 aromatic rings. The Balaban J connectivity index is 1.84. The first-order valence-corrected chi connectivity index (χ1v) is 5.63. The zero-order chi connectivity index (χ0) is 9.43. The van der Waals surface area contributed by atoms with Crippen LogP contribution in [0.3, 0.4) is 0 Å². The van der Waals surface area contributed by atoms with E-state index < -0.39 is 0 Å². The lowest BCUT2D eigenvalue weighted by atomic mass is 9.84. The third kappa shape index (κ3) is 1.39. The second kappa shape index (κ2) is 2.98. The molecule has 1 aromatic carbocycles. The second-order valence-corrected chi connectivity index (χ2v) is 4.80. The molecular weight excluding hydrogens is 168 g/mol. The molecule has 0 heteroatoms. The summed E-state index contributed by atoms with van der Waals surface area (Å²) in [5.74, 6) is 0. The van der Waals surface area contributed by atoms with Crippen molar-refractivity contribution in [1.29, 1.82) is 0 Å². The van der Waals surface area contributed by atoms with Gasteiger partial charge in [0.15, 0.2) is 0 Å². The molecule has 0 radical (unpaired) electrons. The van der Waals surface area contributed by atoms with Crippen molar-refractivity contribution in [1.82, 2.24) is 0 Å². The molecule has 2 aliphatic carbocycles. The predicted octanol–water partition coefficient (Wildman–Crippen LogP) is 4.03. The number of hydrogen-bond acceptors (Lipinski definition) is 0.